The van der Waals surface area contributed by atoms with Crippen molar-refractivity contribution in [3.8, 4) is 34.3 Å². The van der Waals surface area contributed by atoms with E-state index in [1.807, 2.05) is 0 Å². The third kappa shape index (κ3) is 5.48. The van der Waals surface area contributed by atoms with Gasteiger partial charge in [0.25, 0.3) is 0 Å². The van der Waals surface area contributed by atoms with Crippen LogP contribution >= 0.6 is 0 Å². The van der Waals surface area contributed by atoms with Gasteiger partial charge in [-0.25, -0.2) is 0 Å². The molecule has 228 valence electrons. The number of aliphatic hydroxyl groups excluding tert-OH is 6. The highest BCUT2D eigenvalue weighted by atomic mass is 16.8. The van der Waals surface area contributed by atoms with E-state index in [4.69, 9.17) is 23.4 Å². The SMILES string of the molecule is O=c1cc(-c2ccc(O)c(O)c2)oc2cc(O[C@]3(O)O[C@H](CO[C@@H]4OC[C@H](O)[C@H](O)[C@@H]4O)[C@@H](O)[C@@H](O)[C@H]3O)cc(O)c12. The summed E-state index contributed by atoms with van der Waals surface area (Å²) in [6.07, 6.45) is -14.0. The van der Waals surface area contributed by atoms with Crippen molar-refractivity contribution in [2.45, 2.75) is 55.0 Å². The van der Waals surface area contributed by atoms with E-state index in [0.29, 0.717) is 0 Å². The molecule has 0 saturated carbocycles. The first-order chi connectivity index (χ1) is 19.8. The Kier molecular flexibility index (Phi) is 8.03. The van der Waals surface area contributed by atoms with Crippen LogP contribution in [0.5, 0.6) is 23.0 Å². The van der Waals surface area contributed by atoms with E-state index in [1.54, 1.807) is 0 Å². The van der Waals surface area contributed by atoms with Crippen LogP contribution in [0.3, 0.4) is 0 Å². The summed E-state index contributed by atoms with van der Waals surface area (Å²) in [7, 11) is 0. The fraction of sp³-hybridized carbons (Fsp3) is 0.423. The van der Waals surface area contributed by atoms with E-state index in [1.165, 1.54) is 6.07 Å². The normalized spacial score (nSPS) is 33.5. The van der Waals surface area contributed by atoms with Crippen molar-refractivity contribution in [1.82, 2.24) is 0 Å². The summed E-state index contributed by atoms with van der Waals surface area (Å²) in [5, 5.41) is 101. The van der Waals surface area contributed by atoms with Gasteiger partial charge in [-0.15, -0.1) is 0 Å². The largest absolute Gasteiger partial charge is 0.507 e. The molecular formula is C26H28O16. The molecule has 0 radical (unpaired) electrons. The number of rotatable bonds is 6. The molecule has 0 bridgehead atoms. The van der Waals surface area contributed by atoms with Crippen LogP contribution in [0.1, 0.15) is 0 Å². The van der Waals surface area contributed by atoms with Crippen molar-refractivity contribution in [3.05, 3.63) is 46.6 Å². The van der Waals surface area contributed by atoms with Gasteiger partial charge in [0.05, 0.1) is 13.2 Å². The van der Waals surface area contributed by atoms with Gasteiger partial charge in [-0.2, -0.15) is 0 Å². The minimum Gasteiger partial charge on any atom is -0.507 e. The van der Waals surface area contributed by atoms with Crippen LogP contribution in [-0.2, 0) is 14.2 Å². The van der Waals surface area contributed by atoms with Crippen LogP contribution in [-0.4, -0.2) is 119 Å². The van der Waals surface area contributed by atoms with Crippen molar-refractivity contribution >= 4 is 11.0 Å². The Bertz CT molecular complexity index is 1510. The molecule has 3 aromatic rings. The lowest BCUT2D eigenvalue weighted by molar-refractivity contribution is -0.425. The molecule has 10 N–H and O–H groups in total. The second-order valence-corrected chi connectivity index (χ2v) is 9.89. The van der Waals surface area contributed by atoms with Crippen LogP contribution in [0, 0.1) is 0 Å². The molecular weight excluding hydrogens is 568 g/mol. The highest BCUT2D eigenvalue weighted by molar-refractivity contribution is 5.86. The Labute approximate surface area is 235 Å². The van der Waals surface area contributed by atoms with Crippen molar-refractivity contribution in [1.29, 1.82) is 0 Å². The molecule has 16 heteroatoms. The molecule has 9 atom stereocenters. The summed E-state index contributed by atoms with van der Waals surface area (Å²) in [6, 6.07) is 6.62. The average molecular weight is 596 g/mol. The quantitative estimate of drug-likeness (QED) is 0.104. The maximum absolute atomic E-state index is 12.7. The van der Waals surface area contributed by atoms with Crippen molar-refractivity contribution in [2.24, 2.45) is 0 Å². The fourth-order valence-corrected chi connectivity index (χ4v) is 4.60. The van der Waals surface area contributed by atoms with Crippen LogP contribution in [0.4, 0.5) is 0 Å². The van der Waals surface area contributed by atoms with Gasteiger partial charge in [-0.05, 0) is 18.2 Å². The Morgan fingerprint density at radius 1 is 0.857 bits per heavy atom. The van der Waals surface area contributed by atoms with Gasteiger partial charge < -0.3 is 74.4 Å². The molecule has 0 spiro atoms. The minimum absolute atomic E-state index is 0.0764. The van der Waals surface area contributed by atoms with Gasteiger partial charge >= 0.3 is 5.97 Å². The molecule has 3 heterocycles. The number of phenols is 3. The van der Waals surface area contributed by atoms with E-state index in [0.717, 1.165) is 30.3 Å². The molecule has 42 heavy (non-hydrogen) atoms. The van der Waals surface area contributed by atoms with Crippen LogP contribution in [0.2, 0.25) is 0 Å². The van der Waals surface area contributed by atoms with Crippen molar-refractivity contribution in [2.75, 3.05) is 13.2 Å². The highest BCUT2D eigenvalue weighted by Crippen LogP contribution is 2.37. The van der Waals surface area contributed by atoms with Gasteiger partial charge in [-0.1, -0.05) is 0 Å². The van der Waals surface area contributed by atoms with Gasteiger partial charge in [0.1, 0.15) is 64.9 Å². The molecule has 2 fully saturated rings. The van der Waals surface area contributed by atoms with Gasteiger partial charge in [0.2, 0.25) is 0 Å². The van der Waals surface area contributed by atoms with Crippen molar-refractivity contribution in [3.63, 3.8) is 0 Å². The molecule has 2 saturated heterocycles. The topological polar surface area (TPSA) is 269 Å². The Balaban J connectivity index is 1.40. The number of hydrogen-bond donors (Lipinski definition) is 10. The molecule has 2 aromatic carbocycles. The number of hydrogen-bond acceptors (Lipinski definition) is 16. The van der Waals surface area contributed by atoms with E-state index in [-0.39, 0.29) is 28.9 Å². The molecule has 0 aliphatic carbocycles. The molecule has 2 aliphatic heterocycles. The zero-order valence-electron chi connectivity index (χ0n) is 21.4. The minimum atomic E-state index is -3.07. The maximum atomic E-state index is 12.7. The predicted octanol–water partition coefficient (Wildman–Crippen LogP) is -2.46. The summed E-state index contributed by atoms with van der Waals surface area (Å²) in [5.41, 5.74) is -0.775. The fourth-order valence-electron chi connectivity index (χ4n) is 4.60. The lowest BCUT2D eigenvalue weighted by Crippen LogP contribution is -2.67. The van der Waals surface area contributed by atoms with Crippen LogP contribution < -0.4 is 10.2 Å². The monoisotopic (exact) mass is 596 g/mol. The summed E-state index contributed by atoms with van der Waals surface area (Å²) in [4.78, 5) is 12.7. The van der Waals surface area contributed by atoms with E-state index in [9.17, 15) is 55.9 Å². The predicted molar refractivity (Wildman–Crippen MR) is 135 cm³/mol. The Hall–Kier alpha value is -3.55. The van der Waals surface area contributed by atoms with Gasteiger partial charge in [0.15, 0.2) is 29.3 Å². The third-order valence-electron chi connectivity index (χ3n) is 6.93. The average Bonchev–Trinajstić information content (AvgIpc) is 2.94. The number of aromatic hydroxyl groups is 3. The van der Waals surface area contributed by atoms with Gasteiger partial charge in [0, 0.05) is 23.8 Å². The first-order valence-corrected chi connectivity index (χ1v) is 12.5. The molecule has 2 aliphatic rings. The second-order valence-electron chi connectivity index (χ2n) is 9.89. The van der Waals surface area contributed by atoms with Gasteiger partial charge in [-0.3, -0.25) is 4.79 Å². The molecule has 0 unspecified atom stereocenters. The second kappa shape index (κ2) is 11.3. The van der Waals surface area contributed by atoms with Crippen LogP contribution in [0.15, 0.2) is 45.6 Å². The Morgan fingerprint density at radius 3 is 2.31 bits per heavy atom. The van der Waals surface area contributed by atoms with Crippen LogP contribution in [0.25, 0.3) is 22.3 Å². The zero-order chi connectivity index (χ0) is 30.5. The zero-order valence-corrected chi connectivity index (χ0v) is 21.4. The van der Waals surface area contributed by atoms with E-state index >= 15 is 0 Å². The molecule has 1 aromatic heterocycles. The molecule has 16 nitrogen and oxygen atoms in total. The number of fused-ring (bicyclic) bond motifs is 1. The highest BCUT2D eigenvalue weighted by Gasteiger charge is 2.55. The molecule has 0 amide bonds. The summed E-state index contributed by atoms with van der Waals surface area (Å²) < 4.78 is 26.8. The third-order valence-corrected chi connectivity index (χ3v) is 6.93. The summed E-state index contributed by atoms with van der Waals surface area (Å²) >= 11 is 0. The smallest absolute Gasteiger partial charge is 0.355 e. The first kappa shape index (κ1) is 29.9. The van der Waals surface area contributed by atoms with E-state index in [2.05, 4.69) is 0 Å². The number of ether oxygens (including phenoxy) is 4. The lowest BCUT2D eigenvalue weighted by atomic mass is 9.97. The lowest BCUT2D eigenvalue weighted by Gasteiger charge is -2.45. The summed E-state index contributed by atoms with van der Waals surface area (Å²) in [5.74, 6) is -5.14. The first-order valence-electron chi connectivity index (χ1n) is 12.5. The standard InChI is InChI=1S/C26H28O16/c27-11-2-1-9(3-12(11)28)16-6-14(30)19-13(29)4-10(5-17(19)40-16)41-26(37)24(36)22(34)21(33)18(42-26)8-39-25-23(35)20(32)15(31)7-38-25/h1-6,15,18,20-25,27-29,31-37H,7-8H2/t15-,18+,20-,21+,22+,23-,24+,25-,26-/m0/s1. The number of aliphatic hydroxyl groups is 7. The molecule has 5 rings (SSSR count). The maximum Gasteiger partial charge on any atom is 0.355 e. The Morgan fingerprint density at radius 2 is 1.60 bits per heavy atom. The van der Waals surface area contributed by atoms with E-state index < -0.39 is 90.0 Å². The summed E-state index contributed by atoms with van der Waals surface area (Å²) in [6.45, 7) is -1.07. The van der Waals surface area contributed by atoms with Crippen molar-refractivity contribution < 1.29 is 74.4 Å². The number of phenolic OH excluding ortho intramolecular Hbond substituents is 3. The number of benzene rings is 2.